The molecule has 0 rings (SSSR count). The second-order valence-corrected chi connectivity index (χ2v) is 6.54. The van der Waals surface area contributed by atoms with Gasteiger partial charge in [0.2, 0.25) is 0 Å². The summed E-state index contributed by atoms with van der Waals surface area (Å²) in [5.41, 5.74) is 0. The van der Waals surface area contributed by atoms with Gasteiger partial charge in [-0.1, -0.05) is 0 Å². The number of halogens is 3. The molecular weight excluding hydrogens is 214 g/mol. The molecule has 0 heterocycles. The summed E-state index contributed by atoms with van der Waals surface area (Å²) >= 11 is -2.85. The Morgan fingerprint density at radius 1 is 1.40 bits per heavy atom. The normalized spacial score (nSPS) is 5.20. The Balaban J connectivity index is 0. The van der Waals surface area contributed by atoms with E-state index in [4.69, 9.17) is 0 Å². The molecule has 0 saturated heterocycles. The van der Waals surface area contributed by atoms with E-state index in [1.807, 2.05) is 0 Å². The summed E-state index contributed by atoms with van der Waals surface area (Å²) in [6.07, 6.45) is 0. The average molecular weight is 215 g/mol. The first-order chi connectivity index (χ1) is 1.73. The van der Waals surface area contributed by atoms with Gasteiger partial charge in [0.25, 0.3) is 0 Å². The van der Waals surface area contributed by atoms with E-state index in [1.54, 1.807) is 0 Å². The molecule has 0 atom stereocenters. The second kappa shape index (κ2) is 5.55. The monoisotopic (exact) mass is 212 g/mol. The van der Waals surface area contributed by atoms with Gasteiger partial charge in [0.05, 0.1) is 0 Å². The fraction of sp³-hybridized carbons (Fsp3) is 0. The summed E-state index contributed by atoms with van der Waals surface area (Å²) in [4.78, 5) is 0. The molecule has 0 saturated carbocycles. The van der Waals surface area contributed by atoms with Crippen LogP contribution in [0.5, 0.6) is 0 Å². The van der Waals surface area contributed by atoms with Crippen molar-refractivity contribution in [1.29, 1.82) is 0 Å². The molecule has 0 bridgehead atoms. The zero-order valence-corrected chi connectivity index (χ0v) is 6.86. The number of hydrogen-bond donors (Lipinski definition) is 0. The van der Waals surface area contributed by atoms with E-state index in [2.05, 4.69) is 17.0 Å². The molecule has 0 unspecified atom stereocenters. The summed E-state index contributed by atoms with van der Waals surface area (Å²) in [6.45, 7) is 0. The Bertz CT molecular complexity index is 29.9. The maximum atomic E-state index is 9.26. The Morgan fingerprint density at radius 3 is 1.40 bits per heavy atom. The molecule has 0 fully saturated rings. The van der Waals surface area contributed by atoms with Crippen LogP contribution in [0.25, 0.3) is 0 Å². The van der Waals surface area contributed by atoms with Crippen LogP contribution in [0.2, 0.25) is 0 Å². The minimum atomic E-state index is -2.85. The van der Waals surface area contributed by atoms with Crippen molar-refractivity contribution in [3.63, 3.8) is 0 Å². The Labute approximate surface area is 51.3 Å². The van der Waals surface area contributed by atoms with E-state index >= 15 is 0 Å². The SMILES string of the molecule is Cl.[O]=[Zr]([Cl])[Cl]. The predicted octanol–water partition coefficient (Wildman–Crippen LogP) is 1.68. The van der Waals surface area contributed by atoms with Crippen molar-refractivity contribution in [3.8, 4) is 0 Å². The Hall–Kier alpha value is 1.55. The molecule has 0 aliphatic rings. The predicted molar refractivity (Wildman–Crippen MR) is 19.6 cm³/mol. The van der Waals surface area contributed by atoms with Crippen LogP contribution in [0.4, 0.5) is 0 Å². The van der Waals surface area contributed by atoms with E-state index < -0.39 is 19.4 Å². The van der Waals surface area contributed by atoms with E-state index in [-0.39, 0.29) is 12.4 Å². The van der Waals surface area contributed by atoms with Crippen LogP contribution in [0, 0.1) is 0 Å². The molecule has 0 spiro atoms. The van der Waals surface area contributed by atoms with Crippen LogP contribution in [-0.2, 0) is 22.2 Å². The molecule has 1 nitrogen and oxygen atoms in total. The summed E-state index contributed by atoms with van der Waals surface area (Å²) < 4.78 is 9.26. The van der Waals surface area contributed by atoms with Crippen molar-refractivity contribution in [1.82, 2.24) is 0 Å². The topological polar surface area (TPSA) is 17.1 Å². The fourth-order valence-electron chi connectivity index (χ4n) is 0. The summed E-state index contributed by atoms with van der Waals surface area (Å²) in [5, 5.41) is 0. The van der Waals surface area contributed by atoms with Crippen LogP contribution in [0.3, 0.4) is 0 Å². The fourth-order valence-corrected chi connectivity index (χ4v) is 0. The second-order valence-electron chi connectivity index (χ2n) is 0.226. The van der Waals surface area contributed by atoms with Crippen LogP contribution in [0.1, 0.15) is 0 Å². The van der Waals surface area contributed by atoms with Gasteiger partial charge in [0.15, 0.2) is 0 Å². The van der Waals surface area contributed by atoms with Crippen LogP contribution in [-0.4, -0.2) is 0 Å². The van der Waals surface area contributed by atoms with Gasteiger partial charge in [-0.05, 0) is 0 Å². The first-order valence-electron chi connectivity index (χ1n) is 0.582. The Morgan fingerprint density at radius 2 is 1.40 bits per heavy atom. The molecule has 0 radical (unpaired) electrons. The van der Waals surface area contributed by atoms with Gasteiger partial charge in [0.1, 0.15) is 0 Å². The third kappa shape index (κ3) is 29.1. The van der Waals surface area contributed by atoms with Crippen LogP contribution >= 0.6 is 29.4 Å². The zero-order valence-electron chi connectivity index (χ0n) is 2.07. The van der Waals surface area contributed by atoms with Crippen molar-refractivity contribution in [2.75, 3.05) is 0 Å². The van der Waals surface area contributed by atoms with Crippen molar-refractivity contribution >= 4 is 29.4 Å². The average Bonchev–Trinajstić information content (AvgIpc) is 0.811. The molecule has 5 heteroatoms. The maximum absolute atomic E-state index is 9.26. The van der Waals surface area contributed by atoms with E-state index in [0.717, 1.165) is 0 Å². The van der Waals surface area contributed by atoms with E-state index in [0.29, 0.717) is 0 Å². The molecule has 0 N–H and O–H groups in total. The van der Waals surface area contributed by atoms with Crippen LogP contribution in [0.15, 0.2) is 0 Å². The van der Waals surface area contributed by atoms with Gasteiger partial charge >= 0.3 is 39.2 Å². The van der Waals surface area contributed by atoms with Crippen LogP contribution < -0.4 is 0 Å². The molecule has 0 aromatic heterocycles. The minimum absolute atomic E-state index is 0. The quantitative estimate of drug-likeness (QED) is 0.600. The standard InChI is InChI=1S/3ClH.O.Zr/h3*1H;;/q;;;;+2/p-2. The summed E-state index contributed by atoms with van der Waals surface area (Å²) in [7, 11) is 9.36. The van der Waals surface area contributed by atoms with Crippen molar-refractivity contribution in [3.05, 3.63) is 0 Å². The molecule has 0 aromatic rings. The molecule has 32 valence electrons. The van der Waals surface area contributed by atoms with Gasteiger partial charge in [-0.15, -0.1) is 12.4 Å². The third-order valence-corrected chi connectivity index (χ3v) is 0. The van der Waals surface area contributed by atoms with Gasteiger partial charge in [-0.3, -0.25) is 0 Å². The van der Waals surface area contributed by atoms with Gasteiger partial charge in [-0.2, -0.15) is 0 Å². The Kier molecular flexibility index (Phi) is 10.8. The van der Waals surface area contributed by atoms with E-state index in [9.17, 15) is 2.81 Å². The van der Waals surface area contributed by atoms with E-state index in [1.165, 1.54) is 0 Å². The van der Waals surface area contributed by atoms with Gasteiger partial charge < -0.3 is 0 Å². The zero-order chi connectivity index (χ0) is 3.58. The molecule has 5 heavy (non-hydrogen) atoms. The van der Waals surface area contributed by atoms with Crippen molar-refractivity contribution in [2.24, 2.45) is 0 Å². The van der Waals surface area contributed by atoms with Gasteiger partial charge in [-0.25, -0.2) is 0 Å². The molecule has 0 aliphatic heterocycles. The first kappa shape index (κ1) is 9.75. The third-order valence-electron chi connectivity index (χ3n) is 0. The first-order valence-corrected chi connectivity index (χ1v) is 7.92. The number of rotatable bonds is 0. The molecule has 0 amide bonds. The molecular formula is HCl3OZr. The van der Waals surface area contributed by atoms with Gasteiger partial charge in [0, 0.05) is 0 Å². The van der Waals surface area contributed by atoms with Crippen molar-refractivity contribution in [2.45, 2.75) is 0 Å². The summed E-state index contributed by atoms with van der Waals surface area (Å²) in [6, 6.07) is 0. The molecule has 0 aliphatic carbocycles. The molecule has 0 aromatic carbocycles. The van der Waals surface area contributed by atoms with Crippen molar-refractivity contribution < 1.29 is 22.2 Å². The summed E-state index contributed by atoms with van der Waals surface area (Å²) in [5.74, 6) is 0. The number of hydrogen-bond acceptors (Lipinski definition) is 1.